The van der Waals surface area contributed by atoms with Crippen LogP contribution in [0.15, 0.2) is 0 Å². The van der Waals surface area contributed by atoms with E-state index in [1.165, 1.54) is 0 Å². The van der Waals surface area contributed by atoms with E-state index in [1.54, 1.807) is 0 Å². The standard InChI is InChI=1S/C8H16N2O2/c1-2-9-7(12)10-8(6-11)4-3-5-8/h11H,2-6H2,1H3,(H2,9,10,12). The van der Waals surface area contributed by atoms with Crippen molar-refractivity contribution < 1.29 is 9.90 Å². The number of hydrogen-bond donors (Lipinski definition) is 3. The molecule has 2 amide bonds. The zero-order chi connectivity index (χ0) is 9.03. The Morgan fingerprint density at radius 2 is 2.25 bits per heavy atom. The van der Waals surface area contributed by atoms with Crippen molar-refractivity contribution >= 4 is 6.03 Å². The molecule has 1 fully saturated rings. The lowest BCUT2D eigenvalue weighted by atomic mass is 9.77. The van der Waals surface area contributed by atoms with Crippen LogP contribution in [0, 0.1) is 0 Å². The zero-order valence-electron chi connectivity index (χ0n) is 7.39. The molecule has 1 rings (SSSR count). The predicted octanol–water partition coefficient (Wildman–Crippen LogP) is 0.220. The Morgan fingerprint density at radius 3 is 2.58 bits per heavy atom. The number of carbonyl (C=O) groups excluding carboxylic acids is 1. The second-order valence-corrected chi connectivity index (χ2v) is 3.28. The van der Waals surface area contributed by atoms with E-state index in [9.17, 15) is 4.79 Å². The summed E-state index contributed by atoms with van der Waals surface area (Å²) in [5.41, 5.74) is -0.320. The van der Waals surface area contributed by atoms with Crippen LogP contribution >= 0.6 is 0 Å². The monoisotopic (exact) mass is 172 g/mol. The maximum Gasteiger partial charge on any atom is 0.315 e. The molecular weight excluding hydrogens is 156 g/mol. The second kappa shape index (κ2) is 3.76. The normalized spacial score (nSPS) is 19.5. The highest BCUT2D eigenvalue weighted by Gasteiger charge is 2.37. The van der Waals surface area contributed by atoms with Gasteiger partial charge in [-0.3, -0.25) is 0 Å². The first kappa shape index (κ1) is 9.32. The Hall–Kier alpha value is -0.770. The number of nitrogens with one attached hydrogen (secondary N) is 2. The van der Waals surface area contributed by atoms with Crippen LogP contribution in [0.4, 0.5) is 4.79 Å². The number of aliphatic hydroxyl groups excluding tert-OH is 1. The van der Waals surface area contributed by atoms with Crippen LogP contribution in [-0.4, -0.2) is 29.8 Å². The number of urea groups is 1. The van der Waals surface area contributed by atoms with Gasteiger partial charge in [-0.25, -0.2) is 4.79 Å². The largest absolute Gasteiger partial charge is 0.394 e. The van der Waals surface area contributed by atoms with E-state index in [2.05, 4.69) is 10.6 Å². The number of aliphatic hydroxyl groups is 1. The third kappa shape index (κ3) is 1.88. The van der Waals surface area contributed by atoms with Crippen molar-refractivity contribution in [1.82, 2.24) is 10.6 Å². The Kier molecular flexibility index (Phi) is 2.92. The van der Waals surface area contributed by atoms with Crippen molar-refractivity contribution in [2.75, 3.05) is 13.2 Å². The summed E-state index contributed by atoms with van der Waals surface area (Å²) in [5, 5.41) is 14.4. The molecule has 0 aromatic heterocycles. The fourth-order valence-electron chi connectivity index (χ4n) is 1.37. The summed E-state index contributed by atoms with van der Waals surface area (Å²) < 4.78 is 0. The van der Waals surface area contributed by atoms with Crippen LogP contribution in [0.5, 0.6) is 0 Å². The van der Waals surface area contributed by atoms with Crippen LogP contribution in [0.1, 0.15) is 26.2 Å². The molecule has 0 spiro atoms. The summed E-state index contributed by atoms with van der Waals surface area (Å²) in [4.78, 5) is 11.1. The van der Waals surface area contributed by atoms with Gasteiger partial charge < -0.3 is 15.7 Å². The zero-order valence-corrected chi connectivity index (χ0v) is 7.39. The van der Waals surface area contributed by atoms with Crippen LogP contribution in [-0.2, 0) is 0 Å². The van der Waals surface area contributed by atoms with Gasteiger partial charge in [0.15, 0.2) is 0 Å². The first-order chi connectivity index (χ1) is 5.72. The topological polar surface area (TPSA) is 61.4 Å². The lowest BCUT2D eigenvalue weighted by Crippen LogP contribution is -2.58. The summed E-state index contributed by atoms with van der Waals surface area (Å²) in [6.07, 6.45) is 2.87. The third-order valence-electron chi connectivity index (χ3n) is 2.33. The lowest BCUT2D eigenvalue weighted by molar-refractivity contribution is 0.0960. The smallest absolute Gasteiger partial charge is 0.315 e. The molecule has 12 heavy (non-hydrogen) atoms. The summed E-state index contributed by atoms with van der Waals surface area (Å²) in [6, 6.07) is -0.175. The molecule has 0 unspecified atom stereocenters. The summed E-state index contributed by atoms with van der Waals surface area (Å²) in [6.45, 7) is 2.53. The van der Waals surface area contributed by atoms with Gasteiger partial charge in [-0.15, -0.1) is 0 Å². The van der Waals surface area contributed by atoms with Crippen molar-refractivity contribution in [2.45, 2.75) is 31.7 Å². The van der Waals surface area contributed by atoms with Crippen molar-refractivity contribution in [3.63, 3.8) is 0 Å². The van der Waals surface area contributed by atoms with Crippen molar-refractivity contribution in [2.24, 2.45) is 0 Å². The Bertz CT molecular complexity index is 161. The van der Waals surface area contributed by atoms with Crippen LogP contribution < -0.4 is 10.6 Å². The SMILES string of the molecule is CCNC(=O)NC1(CO)CCC1. The summed E-state index contributed by atoms with van der Waals surface area (Å²) in [7, 11) is 0. The maximum atomic E-state index is 11.1. The molecule has 0 radical (unpaired) electrons. The minimum absolute atomic E-state index is 0.0458. The summed E-state index contributed by atoms with van der Waals surface area (Å²) >= 11 is 0. The Labute approximate surface area is 72.3 Å². The van der Waals surface area contributed by atoms with Crippen molar-refractivity contribution in [3.05, 3.63) is 0 Å². The van der Waals surface area contributed by atoms with E-state index >= 15 is 0 Å². The van der Waals surface area contributed by atoms with E-state index in [0.717, 1.165) is 19.3 Å². The van der Waals surface area contributed by atoms with Crippen LogP contribution in [0.3, 0.4) is 0 Å². The third-order valence-corrected chi connectivity index (χ3v) is 2.33. The van der Waals surface area contributed by atoms with Gasteiger partial charge in [0.2, 0.25) is 0 Å². The number of amides is 2. The number of carbonyl (C=O) groups is 1. The molecule has 0 atom stereocenters. The average molecular weight is 172 g/mol. The maximum absolute atomic E-state index is 11.1. The minimum atomic E-state index is -0.320. The molecule has 1 aliphatic carbocycles. The molecule has 3 N–H and O–H groups in total. The predicted molar refractivity (Wildman–Crippen MR) is 45.9 cm³/mol. The van der Waals surface area contributed by atoms with Gasteiger partial charge >= 0.3 is 6.03 Å². The van der Waals surface area contributed by atoms with Crippen molar-refractivity contribution in [3.8, 4) is 0 Å². The van der Waals surface area contributed by atoms with E-state index in [4.69, 9.17) is 5.11 Å². The van der Waals surface area contributed by atoms with Gasteiger partial charge in [0.25, 0.3) is 0 Å². The lowest BCUT2D eigenvalue weighted by Gasteiger charge is -2.40. The molecule has 1 saturated carbocycles. The molecule has 0 aromatic carbocycles. The molecule has 0 heterocycles. The first-order valence-corrected chi connectivity index (χ1v) is 4.39. The molecule has 0 aliphatic heterocycles. The van der Waals surface area contributed by atoms with E-state index in [-0.39, 0.29) is 18.2 Å². The average Bonchev–Trinajstić information content (AvgIpc) is 1.97. The molecule has 0 bridgehead atoms. The van der Waals surface area contributed by atoms with Gasteiger partial charge in [0.05, 0.1) is 12.1 Å². The molecule has 4 heteroatoms. The fraction of sp³-hybridized carbons (Fsp3) is 0.875. The second-order valence-electron chi connectivity index (χ2n) is 3.28. The summed E-state index contributed by atoms with van der Waals surface area (Å²) in [5.74, 6) is 0. The van der Waals surface area contributed by atoms with Crippen LogP contribution in [0.25, 0.3) is 0 Å². The highest BCUT2D eigenvalue weighted by Crippen LogP contribution is 2.30. The molecule has 1 aliphatic rings. The highest BCUT2D eigenvalue weighted by molar-refractivity contribution is 5.74. The van der Waals surface area contributed by atoms with E-state index in [0.29, 0.717) is 6.54 Å². The van der Waals surface area contributed by atoms with Gasteiger partial charge in [-0.2, -0.15) is 0 Å². The van der Waals surface area contributed by atoms with Gasteiger partial charge in [0.1, 0.15) is 0 Å². The van der Waals surface area contributed by atoms with Gasteiger partial charge in [-0.1, -0.05) is 0 Å². The Morgan fingerprint density at radius 1 is 1.58 bits per heavy atom. The van der Waals surface area contributed by atoms with Crippen LogP contribution in [0.2, 0.25) is 0 Å². The quantitative estimate of drug-likeness (QED) is 0.570. The molecule has 0 aromatic rings. The molecule has 4 nitrogen and oxygen atoms in total. The van der Waals surface area contributed by atoms with Gasteiger partial charge in [0, 0.05) is 6.54 Å². The molecule has 0 saturated heterocycles. The number of hydrogen-bond acceptors (Lipinski definition) is 2. The Balaban J connectivity index is 2.32. The highest BCUT2D eigenvalue weighted by atomic mass is 16.3. The van der Waals surface area contributed by atoms with Gasteiger partial charge in [-0.05, 0) is 26.2 Å². The number of rotatable bonds is 3. The molecular formula is C8H16N2O2. The van der Waals surface area contributed by atoms with E-state index in [1.807, 2.05) is 6.92 Å². The fourth-order valence-corrected chi connectivity index (χ4v) is 1.37. The van der Waals surface area contributed by atoms with E-state index < -0.39 is 0 Å². The first-order valence-electron chi connectivity index (χ1n) is 4.39. The molecule has 70 valence electrons. The van der Waals surface area contributed by atoms with Crippen molar-refractivity contribution in [1.29, 1.82) is 0 Å². The minimum Gasteiger partial charge on any atom is -0.394 e.